The summed E-state index contributed by atoms with van der Waals surface area (Å²) in [4.78, 5) is 12.8. The summed E-state index contributed by atoms with van der Waals surface area (Å²) in [5.74, 6) is -0.309. The molecule has 1 saturated heterocycles. The molecular formula is C17H17BrFNO2. The second kappa shape index (κ2) is 6.75. The van der Waals surface area contributed by atoms with E-state index in [2.05, 4.69) is 15.9 Å². The molecular weight excluding hydrogens is 349 g/mol. The van der Waals surface area contributed by atoms with Gasteiger partial charge in [0.1, 0.15) is 12.0 Å². The number of alkyl halides is 1. The lowest BCUT2D eigenvalue weighted by atomic mass is 10.1. The lowest BCUT2D eigenvalue weighted by Crippen LogP contribution is -2.29. The molecule has 1 unspecified atom stereocenters. The van der Waals surface area contributed by atoms with E-state index in [4.69, 9.17) is 4.74 Å². The van der Waals surface area contributed by atoms with Crippen LogP contribution in [0.1, 0.15) is 31.1 Å². The molecule has 0 N–H and O–H groups in total. The molecule has 5 heteroatoms. The predicted molar refractivity (Wildman–Crippen MR) is 87.6 cm³/mol. The third kappa shape index (κ3) is 3.15. The van der Waals surface area contributed by atoms with Gasteiger partial charge in [-0.15, -0.1) is 0 Å². The molecule has 3 nitrogen and oxygen atoms in total. The Morgan fingerprint density at radius 1 is 1.27 bits per heavy atom. The lowest BCUT2D eigenvalue weighted by molar-refractivity contribution is -0.0340. The molecule has 2 heterocycles. The number of rotatable bonds is 3. The fraction of sp³-hybridized carbons (Fsp3) is 0.353. The average Bonchev–Trinajstić information content (AvgIpc) is 2.57. The molecule has 0 radical (unpaired) electrons. The fourth-order valence-electron chi connectivity index (χ4n) is 2.73. The Kier molecular flexibility index (Phi) is 4.74. The van der Waals surface area contributed by atoms with Crippen molar-refractivity contribution < 1.29 is 9.13 Å². The van der Waals surface area contributed by atoms with Crippen LogP contribution in [-0.4, -0.2) is 11.2 Å². The van der Waals surface area contributed by atoms with E-state index in [1.165, 1.54) is 12.1 Å². The van der Waals surface area contributed by atoms with Crippen molar-refractivity contribution in [2.24, 2.45) is 0 Å². The molecule has 0 spiro atoms. The maximum absolute atomic E-state index is 13.1. The summed E-state index contributed by atoms with van der Waals surface area (Å²) in [6.45, 7) is 0.682. The molecule has 1 fully saturated rings. The average molecular weight is 366 g/mol. The van der Waals surface area contributed by atoms with Gasteiger partial charge in [-0.1, -0.05) is 28.1 Å². The van der Waals surface area contributed by atoms with Gasteiger partial charge in [0.15, 0.2) is 0 Å². The third-order valence-electron chi connectivity index (χ3n) is 3.87. The molecule has 1 aliphatic rings. The second-order valence-electron chi connectivity index (χ2n) is 5.44. The van der Waals surface area contributed by atoms with Crippen LogP contribution in [0.5, 0.6) is 0 Å². The molecule has 0 bridgehead atoms. The normalized spacial score (nSPS) is 18.4. The minimum atomic E-state index is -0.309. The maximum Gasteiger partial charge on any atom is 0.260 e. The molecule has 2 aromatic rings. The summed E-state index contributed by atoms with van der Waals surface area (Å²) < 4.78 is 20.5. The van der Waals surface area contributed by atoms with Gasteiger partial charge in [-0.3, -0.25) is 9.36 Å². The maximum atomic E-state index is 13.1. The van der Waals surface area contributed by atoms with Crippen LogP contribution >= 0.6 is 15.9 Å². The van der Waals surface area contributed by atoms with Crippen LogP contribution in [0.3, 0.4) is 0 Å². The molecule has 1 atom stereocenters. The topological polar surface area (TPSA) is 31.2 Å². The van der Waals surface area contributed by atoms with Gasteiger partial charge in [-0.05, 0) is 48.6 Å². The zero-order chi connectivity index (χ0) is 15.5. The molecule has 0 amide bonds. The molecule has 0 aliphatic carbocycles. The Bertz CT molecular complexity index is 706. The number of halogens is 2. The number of pyridine rings is 1. The highest BCUT2D eigenvalue weighted by Gasteiger charge is 2.19. The summed E-state index contributed by atoms with van der Waals surface area (Å²) >= 11 is 3.44. The predicted octanol–water partition coefficient (Wildman–Crippen LogP) is 4.25. The first-order valence-corrected chi connectivity index (χ1v) is 8.50. The van der Waals surface area contributed by atoms with E-state index in [9.17, 15) is 9.18 Å². The van der Waals surface area contributed by atoms with E-state index < -0.39 is 0 Å². The van der Waals surface area contributed by atoms with Gasteiger partial charge in [0.2, 0.25) is 0 Å². The van der Waals surface area contributed by atoms with Crippen LogP contribution < -0.4 is 5.56 Å². The van der Waals surface area contributed by atoms with Crippen molar-refractivity contribution in [3.05, 3.63) is 58.3 Å². The van der Waals surface area contributed by atoms with E-state index in [1.807, 2.05) is 12.3 Å². The third-order valence-corrected chi connectivity index (χ3v) is 4.52. The minimum Gasteiger partial charge on any atom is -0.358 e. The summed E-state index contributed by atoms with van der Waals surface area (Å²) in [6, 6.07) is 7.87. The lowest BCUT2D eigenvalue weighted by Gasteiger charge is -2.25. The van der Waals surface area contributed by atoms with Crippen molar-refractivity contribution in [3.63, 3.8) is 0 Å². The highest BCUT2D eigenvalue weighted by atomic mass is 79.9. The van der Waals surface area contributed by atoms with Gasteiger partial charge in [0.05, 0.1) is 0 Å². The van der Waals surface area contributed by atoms with E-state index >= 15 is 0 Å². The highest BCUT2D eigenvalue weighted by molar-refractivity contribution is 9.08. The van der Waals surface area contributed by atoms with Crippen LogP contribution in [0.4, 0.5) is 4.39 Å². The second-order valence-corrected chi connectivity index (χ2v) is 6.00. The van der Waals surface area contributed by atoms with Gasteiger partial charge >= 0.3 is 0 Å². The monoisotopic (exact) mass is 365 g/mol. The van der Waals surface area contributed by atoms with Crippen LogP contribution in [0.15, 0.2) is 41.3 Å². The number of hydrogen-bond donors (Lipinski definition) is 0. The van der Waals surface area contributed by atoms with Crippen molar-refractivity contribution in [1.29, 1.82) is 0 Å². The summed E-state index contributed by atoms with van der Waals surface area (Å²) in [5, 5.41) is 0.647. The van der Waals surface area contributed by atoms with Gasteiger partial charge in [-0.2, -0.15) is 0 Å². The zero-order valence-corrected chi connectivity index (χ0v) is 13.7. The smallest absolute Gasteiger partial charge is 0.260 e. The Balaban J connectivity index is 2.09. The number of hydrogen-bond acceptors (Lipinski definition) is 2. The van der Waals surface area contributed by atoms with E-state index in [1.54, 1.807) is 16.7 Å². The van der Waals surface area contributed by atoms with E-state index in [0.717, 1.165) is 30.4 Å². The highest BCUT2D eigenvalue weighted by Crippen LogP contribution is 2.24. The molecule has 1 aliphatic heterocycles. The zero-order valence-electron chi connectivity index (χ0n) is 12.1. The Morgan fingerprint density at radius 3 is 2.68 bits per heavy atom. The van der Waals surface area contributed by atoms with Crippen LogP contribution in [0.2, 0.25) is 0 Å². The van der Waals surface area contributed by atoms with Crippen molar-refractivity contribution in [2.75, 3.05) is 6.61 Å². The Hall–Kier alpha value is -1.46. The van der Waals surface area contributed by atoms with Gasteiger partial charge in [0, 0.05) is 23.7 Å². The quantitative estimate of drug-likeness (QED) is 0.761. The first-order chi connectivity index (χ1) is 10.7. The molecule has 22 heavy (non-hydrogen) atoms. The summed E-state index contributed by atoms with van der Waals surface area (Å²) in [5.41, 5.74) is 2.20. The molecule has 0 saturated carbocycles. The standard InChI is InChI=1S/C17H17BrFNO2/c18-10-12-9-15(13-4-6-14(19)7-5-13)17(21)20(11-12)16-3-1-2-8-22-16/h4-7,9,11,16H,1-3,8,10H2. The number of benzene rings is 1. The SMILES string of the molecule is O=c1c(-c2ccc(F)cc2)cc(CBr)cn1C1CCCCO1. The first kappa shape index (κ1) is 15.4. The molecule has 1 aromatic heterocycles. The fourth-order valence-corrected chi connectivity index (χ4v) is 3.03. The molecule has 1 aromatic carbocycles. The number of ether oxygens (including phenoxy) is 1. The van der Waals surface area contributed by atoms with E-state index in [0.29, 0.717) is 17.5 Å². The van der Waals surface area contributed by atoms with Crippen molar-refractivity contribution in [1.82, 2.24) is 4.57 Å². The number of nitrogens with zero attached hydrogens (tertiary/aromatic N) is 1. The van der Waals surface area contributed by atoms with Crippen LogP contribution in [-0.2, 0) is 10.1 Å². The van der Waals surface area contributed by atoms with Gasteiger partial charge in [0.25, 0.3) is 5.56 Å². The molecule has 116 valence electrons. The molecule has 3 rings (SSSR count). The largest absolute Gasteiger partial charge is 0.358 e. The van der Waals surface area contributed by atoms with Crippen LogP contribution in [0.25, 0.3) is 11.1 Å². The summed E-state index contributed by atoms with van der Waals surface area (Å²) in [6.07, 6.45) is 4.57. The van der Waals surface area contributed by atoms with Crippen molar-refractivity contribution in [3.8, 4) is 11.1 Å². The van der Waals surface area contributed by atoms with E-state index in [-0.39, 0.29) is 17.6 Å². The Labute approximate surface area is 136 Å². The van der Waals surface area contributed by atoms with Crippen LogP contribution in [0, 0.1) is 5.82 Å². The number of aromatic nitrogens is 1. The van der Waals surface area contributed by atoms with Crippen molar-refractivity contribution in [2.45, 2.75) is 30.8 Å². The van der Waals surface area contributed by atoms with Gasteiger partial charge < -0.3 is 4.74 Å². The van der Waals surface area contributed by atoms with Gasteiger partial charge in [-0.25, -0.2) is 4.39 Å². The Morgan fingerprint density at radius 2 is 2.05 bits per heavy atom. The first-order valence-electron chi connectivity index (χ1n) is 7.37. The summed E-state index contributed by atoms with van der Waals surface area (Å²) in [7, 11) is 0. The minimum absolute atomic E-state index is 0.0943. The van der Waals surface area contributed by atoms with Crippen molar-refractivity contribution >= 4 is 15.9 Å².